The molecule has 0 amide bonds. The van der Waals surface area contributed by atoms with E-state index in [-0.39, 0.29) is 11.0 Å². The summed E-state index contributed by atoms with van der Waals surface area (Å²) >= 11 is 1.09. The van der Waals surface area contributed by atoms with Crippen LogP contribution in [-0.4, -0.2) is 40.5 Å². The van der Waals surface area contributed by atoms with Gasteiger partial charge in [0, 0.05) is 6.04 Å². The minimum absolute atomic E-state index is 0.0813. The van der Waals surface area contributed by atoms with Crippen molar-refractivity contribution in [2.24, 2.45) is 0 Å². The second-order valence-corrected chi connectivity index (χ2v) is 5.48. The standard InChI is InChI=1S/C12H22N4O2S/c1-4-15(5-2)8-6-7-10(3)14-12-13-9-11(19-12)16(17)18/h9-10H,4-8H2,1-3H3,(H,13,14). The molecule has 1 rings (SSSR count). The summed E-state index contributed by atoms with van der Waals surface area (Å²) in [4.78, 5) is 16.5. The van der Waals surface area contributed by atoms with E-state index in [0.717, 1.165) is 43.8 Å². The number of hydrogen-bond donors (Lipinski definition) is 1. The molecule has 0 radical (unpaired) electrons. The lowest BCUT2D eigenvalue weighted by Gasteiger charge is -2.19. The highest BCUT2D eigenvalue weighted by Crippen LogP contribution is 2.25. The summed E-state index contributed by atoms with van der Waals surface area (Å²) in [5.41, 5.74) is 0. The van der Waals surface area contributed by atoms with Crippen LogP contribution in [0.25, 0.3) is 0 Å². The Kier molecular flexibility index (Phi) is 6.72. The smallest absolute Gasteiger partial charge is 0.345 e. The number of thiazole rings is 1. The first-order chi connectivity index (χ1) is 9.06. The van der Waals surface area contributed by atoms with Gasteiger partial charge in [0.25, 0.3) is 0 Å². The largest absolute Gasteiger partial charge is 0.359 e. The third-order valence-corrected chi connectivity index (χ3v) is 3.93. The van der Waals surface area contributed by atoms with Gasteiger partial charge in [-0.2, -0.15) is 0 Å². The summed E-state index contributed by atoms with van der Waals surface area (Å²) in [5, 5.41) is 14.5. The van der Waals surface area contributed by atoms with Crippen LogP contribution in [0, 0.1) is 10.1 Å². The molecule has 0 bridgehead atoms. The van der Waals surface area contributed by atoms with Crippen molar-refractivity contribution in [3.8, 4) is 0 Å². The van der Waals surface area contributed by atoms with Crippen LogP contribution in [0.5, 0.6) is 0 Å². The maximum Gasteiger partial charge on any atom is 0.345 e. The SMILES string of the molecule is CCN(CC)CCCC(C)Nc1ncc([N+](=O)[O-])s1. The molecule has 1 N–H and O–H groups in total. The molecule has 0 saturated carbocycles. The third kappa shape index (κ3) is 5.52. The van der Waals surface area contributed by atoms with E-state index in [2.05, 4.69) is 36.0 Å². The molecule has 0 aliphatic rings. The van der Waals surface area contributed by atoms with Gasteiger partial charge in [0.2, 0.25) is 0 Å². The van der Waals surface area contributed by atoms with E-state index >= 15 is 0 Å². The van der Waals surface area contributed by atoms with Crippen LogP contribution in [0.2, 0.25) is 0 Å². The van der Waals surface area contributed by atoms with E-state index in [0.29, 0.717) is 5.13 Å². The first-order valence-electron chi connectivity index (χ1n) is 6.65. The van der Waals surface area contributed by atoms with E-state index in [1.807, 2.05) is 0 Å². The molecule has 0 saturated heterocycles. The van der Waals surface area contributed by atoms with Gasteiger partial charge in [-0.05, 0) is 50.7 Å². The molecule has 0 aliphatic carbocycles. The Labute approximate surface area is 118 Å². The molecule has 1 aromatic rings. The van der Waals surface area contributed by atoms with Gasteiger partial charge in [0.05, 0.1) is 4.92 Å². The fourth-order valence-corrected chi connectivity index (χ4v) is 2.60. The molecule has 108 valence electrons. The number of anilines is 1. The Balaban J connectivity index is 2.30. The fourth-order valence-electron chi connectivity index (χ4n) is 1.86. The van der Waals surface area contributed by atoms with E-state index in [1.54, 1.807) is 0 Å². The average Bonchev–Trinajstić information content (AvgIpc) is 2.83. The molecule has 1 heterocycles. The first kappa shape index (κ1) is 15.8. The normalized spacial score (nSPS) is 12.6. The van der Waals surface area contributed by atoms with Gasteiger partial charge in [0.15, 0.2) is 5.13 Å². The molecular weight excluding hydrogens is 264 g/mol. The zero-order valence-corrected chi connectivity index (χ0v) is 12.6. The van der Waals surface area contributed by atoms with Crippen molar-refractivity contribution in [1.82, 2.24) is 9.88 Å². The molecule has 6 nitrogen and oxygen atoms in total. The van der Waals surface area contributed by atoms with Crippen LogP contribution in [0.15, 0.2) is 6.20 Å². The molecule has 1 unspecified atom stereocenters. The Morgan fingerprint density at radius 3 is 2.74 bits per heavy atom. The quantitative estimate of drug-likeness (QED) is 0.558. The van der Waals surface area contributed by atoms with E-state index < -0.39 is 4.92 Å². The summed E-state index contributed by atoms with van der Waals surface area (Å²) in [7, 11) is 0. The Morgan fingerprint density at radius 1 is 1.53 bits per heavy atom. The molecule has 19 heavy (non-hydrogen) atoms. The molecule has 1 aromatic heterocycles. The highest BCUT2D eigenvalue weighted by atomic mass is 32.1. The number of hydrogen-bond acceptors (Lipinski definition) is 6. The zero-order chi connectivity index (χ0) is 14.3. The van der Waals surface area contributed by atoms with Crippen molar-refractivity contribution >= 4 is 21.5 Å². The maximum atomic E-state index is 10.6. The minimum Gasteiger partial charge on any atom is -0.359 e. The summed E-state index contributed by atoms with van der Waals surface area (Å²) in [6.07, 6.45) is 3.45. The second-order valence-electron chi connectivity index (χ2n) is 4.48. The Bertz CT molecular complexity index is 393. The lowest BCUT2D eigenvalue weighted by molar-refractivity contribution is -0.380. The Morgan fingerprint density at radius 2 is 2.21 bits per heavy atom. The van der Waals surface area contributed by atoms with E-state index in [1.165, 1.54) is 6.20 Å². The van der Waals surface area contributed by atoms with Crippen molar-refractivity contribution in [2.75, 3.05) is 25.0 Å². The zero-order valence-electron chi connectivity index (χ0n) is 11.8. The number of nitro groups is 1. The highest BCUT2D eigenvalue weighted by molar-refractivity contribution is 7.18. The van der Waals surface area contributed by atoms with Crippen LogP contribution in [0.1, 0.15) is 33.6 Å². The molecule has 0 aromatic carbocycles. The molecule has 1 atom stereocenters. The minimum atomic E-state index is -0.409. The van der Waals surface area contributed by atoms with Crippen LogP contribution in [0.3, 0.4) is 0 Å². The summed E-state index contributed by atoms with van der Waals surface area (Å²) in [5.74, 6) is 0. The van der Waals surface area contributed by atoms with Crippen molar-refractivity contribution in [3.63, 3.8) is 0 Å². The van der Waals surface area contributed by atoms with Crippen molar-refractivity contribution in [3.05, 3.63) is 16.3 Å². The lowest BCUT2D eigenvalue weighted by Crippen LogP contribution is -2.25. The second kappa shape index (κ2) is 8.06. The molecule has 0 aliphatic heterocycles. The molecule has 0 fully saturated rings. The van der Waals surface area contributed by atoms with Crippen LogP contribution in [-0.2, 0) is 0 Å². The van der Waals surface area contributed by atoms with Crippen molar-refractivity contribution in [2.45, 2.75) is 39.7 Å². The van der Waals surface area contributed by atoms with Gasteiger partial charge in [-0.1, -0.05) is 13.8 Å². The van der Waals surface area contributed by atoms with Crippen LogP contribution >= 0.6 is 11.3 Å². The van der Waals surface area contributed by atoms with Crippen LogP contribution < -0.4 is 5.32 Å². The molecular formula is C12H22N4O2S. The maximum absolute atomic E-state index is 10.6. The van der Waals surface area contributed by atoms with Crippen molar-refractivity contribution < 1.29 is 4.92 Å². The average molecular weight is 286 g/mol. The Hall–Kier alpha value is -1.21. The fraction of sp³-hybridized carbons (Fsp3) is 0.750. The monoisotopic (exact) mass is 286 g/mol. The number of nitrogens with one attached hydrogen (secondary N) is 1. The number of rotatable bonds is 9. The van der Waals surface area contributed by atoms with E-state index in [4.69, 9.17) is 0 Å². The van der Waals surface area contributed by atoms with Gasteiger partial charge in [-0.15, -0.1) is 0 Å². The van der Waals surface area contributed by atoms with Crippen LogP contribution in [0.4, 0.5) is 10.1 Å². The lowest BCUT2D eigenvalue weighted by atomic mass is 10.2. The summed E-state index contributed by atoms with van der Waals surface area (Å²) in [6, 6.07) is 0.279. The van der Waals surface area contributed by atoms with Gasteiger partial charge in [-0.25, -0.2) is 4.98 Å². The topological polar surface area (TPSA) is 71.3 Å². The van der Waals surface area contributed by atoms with E-state index in [9.17, 15) is 10.1 Å². The molecule has 0 spiro atoms. The van der Waals surface area contributed by atoms with Crippen molar-refractivity contribution in [1.29, 1.82) is 0 Å². The summed E-state index contributed by atoms with van der Waals surface area (Å²) < 4.78 is 0. The third-order valence-electron chi connectivity index (χ3n) is 3.05. The predicted molar refractivity (Wildman–Crippen MR) is 78.9 cm³/mol. The first-order valence-corrected chi connectivity index (χ1v) is 7.47. The van der Waals surface area contributed by atoms with Gasteiger partial charge >= 0.3 is 5.00 Å². The highest BCUT2D eigenvalue weighted by Gasteiger charge is 2.13. The van der Waals surface area contributed by atoms with Gasteiger partial charge in [-0.3, -0.25) is 10.1 Å². The predicted octanol–water partition coefficient (Wildman–Crippen LogP) is 2.97. The number of nitrogens with zero attached hydrogens (tertiary/aromatic N) is 3. The van der Waals surface area contributed by atoms with Gasteiger partial charge in [0.1, 0.15) is 6.20 Å². The summed E-state index contributed by atoms with van der Waals surface area (Å²) in [6.45, 7) is 9.67. The molecule has 7 heteroatoms. The number of aromatic nitrogens is 1. The van der Waals surface area contributed by atoms with Gasteiger partial charge < -0.3 is 10.2 Å².